The molecule has 0 unspecified atom stereocenters. The fourth-order valence-electron chi connectivity index (χ4n) is 2.13. The standard InChI is InChI=1S/C14H17ClFNO4/c15-10-2-1-9(7-11(10)16)14(19)17-12-3-5-20-8-13(12)21-6-4-18/h1-2,7,12-13,18H,3-6,8H2,(H,17,19)/t12-,13-/m1/s1. The Morgan fingerprint density at radius 2 is 2.38 bits per heavy atom. The first-order chi connectivity index (χ1) is 10.1. The molecule has 0 bridgehead atoms. The Hall–Kier alpha value is -1.21. The number of aliphatic hydroxyl groups excluding tert-OH is 1. The minimum Gasteiger partial charge on any atom is -0.394 e. The van der Waals surface area contributed by atoms with Gasteiger partial charge in [-0.05, 0) is 24.6 Å². The molecule has 7 heteroatoms. The Bertz CT molecular complexity index is 500. The number of nitrogens with one attached hydrogen (secondary N) is 1. The van der Waals surface area contributed by atoms with Gasteiger partial charge in [0.2, 0.25) is 0 Å². The second-order valence-corrected chi connectivity index (χ2v) is 5.11. The monoisotopic (exact) mass is 317 g/mol. The Labute approximate surface area is 127 Å². The van der Waals surface area contributed by atoms with E-state index in [4.69, 9.17) is 26.2 Å². The lowest BCUT2D eigenvalue weighted by Gasteiger charge is -2.32. The summed E-state index contributed by atoms with van der Waals surface area (Å²) in [5, 5.41) is 11.6. The van der Waals surface area contributed by atoms with Crippen LogP contribution >= 0.6 is 11.6 Å². The molecule has 21 heavy (non-hydrogen) atoms. The molecule has 116 valence electrons. The van der Waals surface area contributed by atoms with Crippen molar-refractivity contribution in [1.29, 1.82) is 0 Å². The van der Waals surface area contributed by atoms with Crippen LogP contribution in [0.2, 0.25) is 5.02 Å². The predicted octanol–water partition coefficient (Wildman–Crippen LogP) is 1.38. The molecule has 0 aromatic heterocycles. The first-order valence-electron chi connectivity index (χ1n) is 6.68. The molecular formula is C14H17ClFNO4. The molecule has 1 aliphatic rings. The maximum atomic E-state index is 13.4. The first kappa shape index (κ1) is 16.2. The van der Waals surface area contributed by atoms with Gasteiger partial charge in [-0.1, -0.05) is 11.6 Å². The molecule has 1 amide bonds. The van der Waals surface area contributed by atoms with E-state index in [2.05, 4.69) is 5.32 Å². The molecule has 1 aromatic carbocycles. The molecule has 0 radical (unpaired) electrons. The number of hydrogen-bond acceptors (Lipinski definition) is 4. The summed E-state index contributed by atoms with van der Waals surface area (Å²) in [6.07, 6.45) is 0.268. The summed E-state index contributed by atoms with van der Waals surface area (Å²) in [5.74, 6) is -1.03. The van der Waals surface area contributed by atoms with Crippen molar-refractivity contribution >= 4 is 17.5 Å². The number of carbonyl (C=O) groups excluding carboxylic acids is 1. The fourth-order valence-corrected chi connectivity index (χ4v) is 2.25. The van der Waals surface area contributed by atoms with E-state index in [0.717, 1.165) is 6.07 Å². The van der Waals surface area contributed by atoms with Gasteiger partial charge in [-0.2, -0.15) is 0 Å². The Balaban J connectivity index is 2.00. The van der Waals surface area contributed by atoms with Crippen LogP contribution in [0.25, 0.3) is 0 Å². The maximum Gasteiger partial charge on any atom is 0.251 e. The van der Waals surface area contributed by atoms with Gasteiger partial charge >= 0.3 is 0 Å². The maximum absolute atomic E-state index is 13.4. The van der Waals surface area contributed by atoms with E-state index in [1.54, 1.807) is 0 Å². The molecule has 0 spiro atoms. The van der Waals surface area contributed by atoms with Gasteiger partial charge in [0, 0.05) is 12.2 Å². The summed E-state index contributed by atoms with van der Waals surface area (Å²) >= 11 is 5.59. The molecular weight excluding hydrogens is 301 g/mol. The SMILES string of the molecule is O=C(N[C@@H]1CCOC[C@H]1OCCO)c1ccc(Cl)c(F)c1. The smallest absolute Gasteiger partial charge is 0.251 e. The van der Waals surface area contributed by atoms with Gasteiger partial charge in [-0.3, -0.25) is 4.79 Å². The molecule has 0 aliphatic carbocycles. The molecule has 5 nitrogen and oxygen atoms in total. The van der Waals surface area contributed by atoms with Crippen molar-refractivity contribution in [3.63, 3.8) is 0 Å². The second kappa shape index (κ2) is 7.70. The Morgan fingerprint density at radius 1 is 1.57 bits per heavy atom. The van der Waals surface area contributed by atoms with Crippen LogP contribution in [-0.2, 0) is 9.47 Å². The van der Waals surface area contributed by atoms with Gasteiger partial charge < -0.3 is 19.9 Å². The third-order valence-corrected chi connectivity index (χ3v) is 3.53. The summed E-state index contributed by atoms with van der Waals surface area (Å²) in [6.45, 7) is 0.939. The number of benzene rings is 1. The van der Waals surface area contributed by atoms with E-state index in [9.17, 15) is 9.18 Å². The van der Waals surface area contributed by atoms with Gasteiger partial charge in [0.05, 0.1) is 30.9 Å². The lowest BCUT2D eigenvalue weighted by atomic mass is 10.1. The molecule has 1 aromatic rings. The van der Waals surface area contributed by atoms with Crippen molar-refractivity contribution in [1.82, 2.24) is 5.32 Å². The quantitative estimate of drug-likeness (QED) is 0.861. The first-order valence-corrected chi connectivity index (χ1v) is 7.05. The highest BCUT2D eigenvalue weighted by atomic mass is 35.5. The average molecular weight is 318 g/mol. The van der Waals surface area contributed by atoms with Crippen LogP contribution < -0.4 is 5.32 Å². The van der Waals surface area contributed by atoms with E-state index in [1.807, 2.05) is 0 Å². The number of ether oxygens (including phenoxy) is 2. The van der Waals surface area contributed by atoms with Crippen molar-refractivity contribution in [3.05, 3.63) is 34.6 Å². The molecule has 1 saturated heterocycles. The Morgan fingerprint density at radius 3 is 3.10 bits per heavy atom. The Kier molecular flexibility index (Phi) is 5.93. The molecule has 2 atom stereocenters. The zero-order valence-corrected chi connectivity index (χ0v) is 12.1. The van der Waals surface area contributed by atoms with E-state index in [-0.39, 0.29) is 35.9 Å². The van der Waals surface area contributed by atoms with Crippen LogP contribution in [-0.4, -0.2) is 49.6 Å². The van der Waals surface area contributed by atoms with Crippen molar-refractivity contribution in [2.24, 2.45) is 0 Å². The number of carbonyl (C=O) groups is 1. The van der Waals surface area contributed by atoms with Gasteiger partial charge in [-0.15, -0.1) is 0 Å². The van der Waals surface area contributed by atoms with E-state index < -0.39 is 11.7 Å². The summed E-state index contributed by atoms with van der Waals surface area (Å²) in [6, 6.07) is 3.66. The van der Waals surface area contributed by atoms with E-state index in [0.29, 0.717) is 19.6 Å². The molecule has 2 N–H and O–H groups in total. The fraction of sp³-hybridized carbons (Fsp3) is 0.500. The second-order valence-electron chi connectivity index (χ2n) is 4.71. The third-order valence-electron chi connectivity index (χ3n) is 3.23. The van der Waals surface area contributed by atoms with Gasteiger partial charge in [0.15, 0.2) is 0 Å². The molecule has 1 heterocycles. The van der Waals surface area contributed by atoms with E-state index >= 15 is 0 Å². The van der Waals surface area contributed by atoms with Crippen molar-refractivity contribution in [3.8, 4) is 0 Å². The third kappa shape index (κ3) is 4.38. The van der Waals surface area contributed by atoms with Crippen LogP contribution in [0.15, 0.2) is 18.2 Å². The highest BCUT2D eigenvalue weighted by Crippen LogP contribution is 2.17. The number of aliphatic hydroxyl groups is 1. The predicted molar refractivity (Wildman–Crippen MR) is 74.9 cm³/mol. The molecule has 1 aliphatic heterocycles. The normalized spacial score (nSPS) is 22.0. The van der Waals surface area contributed by atoms with Gasteiger partial charge in [0.1, 0.15) is 11.9 Å². The van der Waals surface area contributed by atoms with E-state index in [1.165, 1.54) is 12.1 Å². The summed E-state index contributed by atoms with van der Waals surface area (Å²) < 4.78 is 24.1. The van der Waals surface area contributed by atoms with Gasteiger partial charge in [-0.25, -0.2) is 4.39 Å². The zero-order valence-electron chi connectivity index (χ0n) is 11.4. The number of hydrogen-bond donors (Lipinski definition) is 2. The highest BCUT2D eigenvalue weighted by molar-refractivity contribution is 6.30. The largest absolute Gasteiger partial charge is 0.394 e. The average Bonchev–Trinajstić information content (AvgIpc) is 2.49. The summed E-state index contributed by atoms with van der Waals surface area (Å²) in [4.78, 5) is 12.1. The van der Waals surface area contributed by atoms with Crippen molar-refractivity contribution in [2.45, 2.75) is 18.6 Å². The molecule has 0 saturated carbocycles. The van der Waals surface area contributed by atoms with Crippen LogP contribution in [0.3, 0.4) is 0 Å². The minimum absolute atomic E-state index is 0.0261. The van der Waals surface area contributed by atoms with Crippen LogP contribution in [0.5, 0.6) is 0 Å². The van der Waals surface area contributed by atoms with Crippen LogP contribution in [0.4, 0.5) is 4.39 Å². The highest BCUT2D eigenvalue weighted by Gasteiger charge is 2.28. The van der Waals surface area contributed by atoms with Crippen molar-refractivity contribution in [2.75, 3.05) is 26.4 Å². The zero-order chi connectivity index (χ0) is 15.2. The van der Waals surface area contributed by atoms with Crippen LogP contribution in [0.1, 0.15) is 16.8 Å². The molecule has 1 fully saturated rings. The summed E-state index contributed by atoms with van der Waals surface area (Å²) in [7, 11) is 0. The number of rotatable bonds is 5. The minimum atomic E-state index is -0.635. The van der Waals surface area contributed by atoms with Crippen LogP contribution in [0, 0.1) is 5.82 Å². The summed E-state index contributed by atoms with van der Waals surface area (Å²) in [5.41, 5.74) is 0.198. The lowest BCUT2D eigenvalue weighted by molar-refractivity contribution is -0.0737. The number of amides is 1. The van der Waals surface area contributed by atoms with Crippen molar-refractivity contribution < 1.29 is 23.8 Å². The topological polar surface area (TPSA) is 67.8 Å². The van der Waals surface area contributed by atoms with Gasteiger partial charge in [0.25, 0.3) is 5.91 Å². The lowest BCUT2D eigenvalue weighted by Crippen LogP contribution is -2.50. The molecule has 2 rings (SSSR count). The number of halogens is 2.